The van der Waals surface area contributed by atoms with Gasteiger partial charge in [0.2, 0.25) is 0 Å². The van der Waals surface area contributed by atoms with E-state index in [1.54, 1.807) is 12.4 Å². The van der Waals surface area contributed by atoms with Crippen molar-refractivity contribution in [3.05, 3.63) is 34.8 Å². The van der Waals surface area contributed by atoms with Crippen LogP contribution in [-0.2, 0) is 17.8 Å². The van der Waals surface area contributed by atoms with E-state index in [1.165, 1.54) is 4.68 Å². The van der Waals surface area contributed by atoms with Gasteiger partial charge >= 0.3 is 0 Å². The topological polar surface area (TPSA) is 95.1 Å². The normalized spacial score (nSPS) is 19.6. The number of carbonyl (C=O) groups is 1. The molecule has 4 rings (SSSR count). The molecule has 2 aliphatic rings. The molecule has 4 heterocycles. The number of anilines is 2. The van der Waals surface area contributed by atoms with E-state index in [1.807, 2.05) is 6.92 Å². The zero-order chi connectivity index (χ0) is 16.0. The third-order valence-corrected chi connectivity index (χ3v) is 4.62. The molecule has 0 aromatic carbocycles. The number of nitrogens with two attached hydrogens (primary N) is 1. The quantitative estimate of drug-likeness (QED) is 0.828. The average molecular weight is 313 g/mol. The first-order chi connectivity index (χ1) is 11.2. The molecule has 120 valence electrons. The molecule has 2 aliphatic heterocycles. The van der Waals surface area contributed by atoms with Crippen molar-refractivity contribution >= 4 is 17.4 Å². The number of carbonyl (C=O) groups excluding carboxylic acids is 1. The summed E-state index contributed by atoms with van der Waals surface area (Å²) < 4.78 is 6.76. The fourth-order valence-corrected chi connectivity index (χ4v) is 3.40. The number of nitrogens with zero attached hydrogens (tertiary/aromatic N) is 3. The van der Waals surface area contributed by atoms with Gasteiger partial charge in [0.1, 0.15) is 5.82 Å². The first-order valence-corrected chi connectivity index (χ1v) is 7.83. The highest BCUT2D eigenvalue weighted by Gasteiger charge is 2.32. The molecule has 0 aliphatic carbocycles. The first-order valence-electron chi connectivity index (χ1n) is 7.83. The summed E-state index contributed by atoms with van der Waals surface area (Å²) in [7, 11) is 0. The van der Waals surface area contributed by atoms with Gasteiger partial charge in [0.15, 0.2) is 0 Å². The van der Waals surface area contributed by atoms with E-state index in [2.05, 4.69) is 15.4 Å². The molecule has 7 heteroatoms. The van der Waals surface area contributed by atoms with E-state index in [0.29, 0.717) is 31.9 Å². The maximum atomic E-state index is 13.0. The summed E-state index contributed by atoms with van der Waals surface area (Å²) in [5.41, 5.74) is 10.9. The van der Waals surface area contributed by atoms with Crippen molar-refractivity contribution in [2.24, 2.45) is 0 Å². The fraction of sp³-hybridized carbons (Fsp3) is 0.438. The summed E-state index contributed by atoms with van der Waals surface area (Å²) in [6, 6.07) is 0. The number of hydrogen-bond donors (Lipinski definition) is 2. The summed E-state index contributed by atoms with van der Waals surface area (Å²) in [5.74, 6) is 0.0873. The molecule has 23 heavy (non-hydrogen) atoms. The summed E-state index contributed by atoms with van der Waals surface area (Å²) in [4.78, 5) is 17.3. The van der Waals surface area contributed by atoms with Crippen LogP contribution >= 0.6 is 0 Å². The standard InChI is InChI=1S/C16H19N5O2/c1-9-6-18-7-12-10(2-4-19-14(9)12)16(22)21-15(17)11-3-5-23-8-13(11)20-21/h6-7,10,19H,2-5,8,17H2,1H3. The Morgan fingerprint density at radius 1 is 1.48 bits per heavy atom. The van der Waals surface area contributed by atoms with Crippen molar-refractivity contribution in [3.8, 4) is 0 Å². The minimum atomic E-state index is -0.275. The molecule has 0 saturated heterocycles. The first kappa shape index (κ1) is 14.2. The lowest BCUT2D eigenvalue weighted by atomic mass is 9.90. The van der Waals surface area contributed by atoms with Crippen molar-refractivity contribution in [1.82, 2.24) is 14.8 Å². The van der Waals surface area contributed by atoms with Gasteiger partial charge in [-0.05, 0) is 18.9 Å². The van der Waals surface area contributed by atoms with Gasteiger partial charge in [-0.1, -0.05) is 0 Å². The summed E-state index contributed by atoms with van der Waals surface area (Å²) in [6.07, 6.45) is 4.98. The SMILES string of the molecule is Cc1cncc2c1NCCC2C(=O)n1nc2c(c1N)CCOC2. The van der Waals surface area contributed by atoms with Crippen molar-refractivity contribution in [2.45, 2.75) is 32.3 Å². The number of fused-ring (bicyclic) bond motifs is 2. The molecule has 1 unspecified atom stereocenters. The second kappa shape index (κ2) is 5.34. The number of nitrogens with one attached hydrogen (secondary N) is 1. The van der Waals surface area contributed by atoms with Gasteiger partial charge in [0.25, 0.3) is 5.91 Å². The maximum absolute atomic E-state index is 13.0. The Morgan fingerprint density at radius 2 is 2.35 bits per heavy atom. The zero-order valence-corrected chi connectivity index (χ0v) is 13.0. The van der Waals surface area contributed by atoms with E-state index in [0.717, 1.165) is 34.6 Å². The largest absolute Gasteiger partial charge is 0.384 e. The van der Waals surface area contributed by atoms with E-state index in [-0.39, 0.29) is 11.8 Å². The van der Waals surface area contributed by atoms with Gasteiger partial charge in [0.05, 0.1) is 24.8 Å². The molecule has 3 N–H and O–H groups in total. The number of rotatable bonds is 1. The monoisotopic (exact) mass is 313 g/mol. The molecule has 1 atom stereocenters. The molecule has 2 aromatic rings. The van der Waals surface area contributed by atoms with Crippen LogP contribution in [0.2, 0.25) is 0 Å². The van der Waals surface area contributed by atoms with E-state index >= 15 is 0 Å². The van der Waals surface area contributed by atoms with Crippen LogP contribution in [0, 0.1) is 6.92 Å². The van der Waals surface area contributed by atoms with E-state index in [4.69, 9.17) is 10.5 Å². The van der Waals surface area contributed by atoms with Crippen molar-refractivity contribution in [2.75, 3.05) is 24.2 Å². The van der Waals surface area contributed by atoms with Crippen molar-refractivity contribution in [1.29, 1.82) is 0 Å². The van der Waals surface area contributed by atoms with E-state index in [9.17, 15) is 4.79 Å². The number of aromatic nitrogens is 3. The fourth-order valence-electron chi connectivity index (χ4n) is 3.40. The Morgan fingerprint density at radius 3 is 3.17 bits per heavy atom. The lowest BCUT2D eigenvalue weighted by Crippen LogP contribution is -2.29. The third-order valence-electron chi connectivity index (χ3n) is 4.62. The summed E-state index contributed by atoms with van der Waals surface area (Å²) >= 11 is 0. The maximum Gasteiger partial charge on any atom is 0.256 e. The van der Waals surface area contributed by atoms with Gasteiger partial charge in [-0.25, -0.2) is 0 Å². The van der Waals surface area contributed by atoms with Crippen LogP contribution in [-0.4, -0.2) is 33.8 Å². The Hall–Kier alpha value is -2.41. The minimum Gasteiger partial charge on any atom is -0.384 e. The molecule has 0 radical (unpaired) electrons. The lowest BCUT2D eigenvalue weighted by Gasteiger charge is -2.26. The van der Waals surface area contributed by atoms with Crippen LogP contribution in [0.5, 0.6) is 0 Å². The van der Waals surface area contributed by atoms with Gasteiger partial charge in [-0.2, -0.15) is 9.78 Å². The predicted octanol–water partition coefficient (Wildman–Crippen LogP) is 1.48. The highest BCUT2D eigenvalue weighted by atomic mass is 16.5. The van der Waals surface area contributed by atoms with Crippen LogP contribution < -0.4 is 11.1 Å². The molecule has 0 fully saturated rings. The van der Waals surface area contributed by atoms with Crippen LogP contribution in [0.1, 0.15) is 39.5 Å². The Kier molecular flexibility index (Phi) is 3.30. The van der Waals surface area contributed by atoms with E-state index < -0.39 is 0 Å². The second-order valence-electron chi connectivity index (χ2n) is 6.05. The second-order valence-corrected chi connectivity index (χ2v) is 6.05. The molecule has 7 nitrogen and oxygen atoms in total. The highest BCUT2D eigenvalue weighted by molar-refractivity contribution is 5.90. The predicted molar refractivity (Wildman–Crippen MR) is 85.4 cm³/mol. The molecular formula is C16H19N5O2. The molecule has 0 bridgehead atoms. The van der Waals surface area contributed by atoms with Gasteiger partial charge in [-0.3, -0.25) is 9.78 Å². The number of ether oxygens (including phenoxy) is 1. The number of pyridine rings is 1. The Bertz CT molecular complexity index is 783. The molecule has 0 spiro atoms. The Balaban J connectivity index is 1.74. The van der Waals surface area contributed by atoms with Crippen LogP contribution in [0.25, 0.3) is 0 Å². The smallest absolute Gasteiger partial charge is 0.256 e. The molecule has 0 saturated carbocycles. The van der Waals surface area contributed by atoms with Crippen LogP contribution in [0.15, 0.2) is 12.4 Å². The highest BCUT2D eigenvalue weighted by Crippen LogP contribution is 2.35. The minimum absolute atomic E-state index is 0.0907. The summed E-state index contributed by atoms with van der Waals surface area (Å²) in [6.45, 7) is 3.78. The number of aryl methyl sites for hydroxylation is 1. The zero-order valence-electron chi connectivity index (χ0n) is 13.0. The lowest BCUT2D eigenvalue weighted by molar-refractivity contribution is 0.0854. The molecule has 2 aromatic heterocycles. The van der Waals surface area contributed by atoms with Crippen LogP contribution in [0.4, 0.5) is 11.5 Å². The number of nitrogen functional groups attached to an aromatic ring is 1. The average Bonchev–Trinajstić information content (AvgIpc) is 2.92. The van der Waals surface area contributed by atoms with Gasteiger partial charge in [-0.15, -0.1) is 0 Å². The van der Waals surface area contributed by atoms with Gasteiger partial charge < -0.3 is 15.8 Å². The number of hydrogen-bond acceptors (Lipinski definition) is 6. The van der Waals surface area contributed by atoms with Crippen molar-refractivity contribution < 1.29 is 9.53 Å². The van der Waals surface area contributed by atoms with Crippen LogP contribution in [0.3, 0.4) is 0 Å². The summed E-state index contributed by atoms with van der Waals surface area (Å²) in [5, 5.41) is 7.75. The third kappa shape index (κ3) is 2.19. The van der Waals surface area contributed by atoms with Crippen molar-refractivity contribution in [3.63, 3.8) is 0 Å². The Labute approximate surface area is 133 Å². The van der Waals surface area contributed by atoms with Gasteiger partial charge in [0, 0.05) is 42.2 Å². The molecule has 0 amide bonds. The molecular weight excluding hydrogens is 294 g/mol.